The third-order valence-electron chi connectivity index (χ3n) is 5.21. The first kappa shape index (κ1) is 13.5. The van der Waals surface area contributed by atoms with Crippen molar-refractivity contribution in [2.45, 2.75) is 44.2 Å². The number of carbonyl (C=O) groups is 3. The Hall–Kier alpha value is -2.17. The Morgan fingerprint density at radius 2 is 1.77 bits per heavy atom. The van der Waals surface area contributed by atoms with Crippen LogP contribution in [0.1, 0.15) is 53.3 Å². The quantitative estimate of drug-likeness (QED) is 0.473. The Bertz CT molecular complexity index is 664. The summed E-state index contributed by atoms with van der Waals surface area (Å²) in [5, 5.41) is 0. The fourth-order valence-corrected chi connectivity index (χ4v) is 4.01. The molecule has 114 valence electrons. The molecular weight excluding hydrogens is 280 g/mol. The number of benzene rings is 1. The van der Waals surface area contributed by atoms with Gasteiger partial charge in [0.2, 0.25) is 5.91 Å². The number of nitrogens with zero attached hydrogens (tertiary/aromatic N) is 2. The molecule has 0 bridgehead atoms. The number of fused-ring (bicyclic) bond motifs is 2. The summed E-state index contributed by atoms with van der Waals surface area (Å²) in [5.74, 6) is -0.302. The van der Waals surface area contributed by atoms with Crippen LogP contribution < -0.4 is 0 Å². The average Bonchev–Trinajstić information content (AvgIpc) is 2.96. The van der Waals surface area contributed by atoms with Crippen LogP contribution in [-0.2, 0) is 4.79 Å². The molecule has 3 amide bonds. The molecule has 0 N–H and O–H groups in total. The van der Waals surface area contributed by atoms with Gasteiger partial charge in [-0.25, -0.2) is 0 Å². The lowest BCUT2D eigenvalue weighted by Crippen LogP contribution is -2.48. The maximum atomic E-state index is 12.4. The fourth-order valence-electron chi connectivity index (χ4n) is 4.01. The van der Waals surface area contributed by atoms with Crippen LogP contribution in [0.4, 0.5) is 0 Å². The summed E-state index contributed by atoms with van der Waals surface area (Å²) in [4.78, 5) is 39.8. The molecule has 3 aliphatic rings. The van der Waals surface area contributed by atoms with E-state index < -0.39 is 0 Å². The van der Waals surface area contributed by atoms with E-state index in [2.05, 4.69) is 6.92 Å². The van der Waals surface area contributed by atoms with Crippen molar-refractivity contribution in [1.29, 1.82) is 0 Å². The van der Waals surface area contributed by atoms with Crippen LogP contribution in [0.5, 0.6) is 0 Å². The summed E-state index contributed by atoms with van der Waals surface area (Å²) in [7, 11) is 0. The van der Waals surface area contributed by atoms with Crippen LogP contribution in [0, 0.1) is 0 Å². The third-order valence-corrected chi connectivity index (χ3v) is 5.21. The Labute approximate surface area is 128 Å². The van der Waals surface area contributed by atoms with Crippen LogP contribution in [0.25, 0.3) is 0 Å². The first-order valence-corrected chi connectivity index (χ1v) is 7.87. The first-order valence-electron chi connectivity index (χ1n) is 7.87. The van der Waals surface area contributed by atoms with E-state index in [1.165, 1.54) is 4.90 Å². The van der Waals surface area contributed by atoms with Crippen molar-refractivity contribution in [2.75, 3.05) is 6.54 Å². The summed E-state index contributed by atoms with van der Waals surface area (Å²) >= 11 is 0. The Morgan fingerprint density at radius 3 is 2.32 bits per heavy atom. The first-order chi connectivity index (χ1) is 10.6. The molecule has 2 atom stereocenters. The normalized spacial score (nSPS) is 28.6. The molecule has 4 rings (SSSR count). The zero-order chi connectivity index (χ0) is 15.5. The van der Waals surface area contributed by atoms with E-state index in [0.29, 0.717) is 24.1 Å². The summed E-state index contributed by atoms with van der Waals surface area (Å²) in [6, 6.07) is 7.14. The van der Waals surface area contributed by atoms with Crippen molar-refractivity contribution in [2.24, 2.45) is 0 Å². The number of carbonyl (C=O) groups excluding carboxylic acids is 3. The van der Waals surface area contributed by atoms with Gasteiger partial charge in [0, 0.05) is 0 Å². The molecule has 0 radical (unpaired) electrons. The molecule has 1 aromatic rings. The van der Waals surface area contributed by atoms with Gasteiger partial charge in [0.1, 0.15) is 0 Å². The van der Waals surface area contributed by atoms with Gasteiger partial charge in [-0.3, -0.25) is 19.3 Å². The number of amides is 3. The third kappa shape index (κ3) is 1.56. The number of imide groups is 1. The molecule has 22 heavy (non-hydrogen) atoms. The van der Waals surface area contributed by atoms with Gasteiger partial charge in [-0.05, 0) is 18.6 Å². The van der Waals surface area contributed by atoms with E-state index >= 15 is 0 Å². The van der Waals surface area contributed by atoms with Crippen LogP contribution in [0.2, 0.25) is 0 Å². The number of β-lactam (4-membered cyclic amide) rings is 1. The largest absolute Gasteiger partial charge is 0.327 e. The number of unbranched alkanes of at least 4 members (excludes halogenated alkanes) is 1. The monoisotopic (exact) mass is 298 g/mol. The molecule has 5 nitrogen and oxygen atoms in total. The maximum Gasteiger partial charge on any atom is 0.261 e. The van der Waals surface area contributed by atoms with E-state index in [4.69, 9.17) is 0 Å². The smallest absolute Gasteiger partial charge is 0.261 e. The van der Waals surface area contributed by atoms with E-state index in [-0.39, 0.29) is 29.3 Å². The number of rotatable bonds is 5. The predicted octanol–water partition coefficient (Wildman–Crippen LogP) is 1.83. The van der Waals surface area contributed by atoms with Gasteiger partial charge in [-0.15, -0.1) is 0 Å². The molecule has 0 aromatic heterocycles. The zero-order valence-corrected chi connectivity index (χ0v) is 12.5. The summed E-state index contributed by atoms with van der Waals surface area (Å²) < 4.78 is 0. The molecule has 2 unspecified atom stereocenters. The highest BCUT2D eigenvalue weighted by Gasteiger charge is 2.73. The van der Waals surface area contributed by atoms with Crippen molar-refractivity contribution in [3.63, 3.8) is 0 Å². The molecule has 3 heterocycles. The maximum absolute atomic E-state index is 12.4. The topological polar surface area (TPSA) is 57.5 Å². The molecule has 0 saturated carbocycles. The Balaban J connectivity index is 1.55. The Morgan fingerprint density at radius 1 is 1.14 bits per heavy atom. The second-order valence-electron chi connectivity index (χ2n) is 6.44. The lowest BCUT2D eigenvalue weighted by atomic mass is 9.93. The second-order valence-corrected chi connectivity index (χ2v) is 6.44. The molecule has 2 fully saturated rings. The minimum atomic E-state index is -0.264. The van der Waals surface area contributed by atoms with Gasteiger partial charge in [0.05, 0.1) is 35.7 Å². The van der Waals surface area contributed by atoms with Crippen molar-refractivity contribution < 1.29 is 14.4 Å². The minimum absolute atomic E-state index is 0.151. The van der Waals surface area contributed by atoms with E-state index in [0.717, 1.165) is 19.3 Å². The van der Waals surface area contributed by atoms with Crippen molar-refractivity contribution in [1.82, 2.24) is 9.80 Å². The molecule has 3 aliphatic heterocycles. The molecule has 0 spiro atoms. The lowest BCUT2D eigenvalue weighted by molar-refractivity contribution is -0.134. The minimum Gasteiger partial charge on any atom is -0.327 e. The molecule has 2 saturated heterocycles. The standard InChI is InChI=1S/C17H18N2O3/c1-2-3-8-13-17(9-14(20)19(13)17)10-18-15(21)11-6-4-5-7-12(11)16(18)22/h4-7,13H,2-3,8-10H2,1H3. The van der Waals surface area contributed by atoms with Crippen molar-refractivity contribution >= 4 is 17.7 Å². The van der Waals surface area contributed by atoms with E-state index in [9.17, 15) is 14.4 Å². The van der Waals surface area contributed by atoms with Gasteiger partial charge in [-0.1, -0.05) is 31.9 Å². The summed E-state index contributed by atoms with van der Waals surface area (Å²) in [6.45, 7) is 2.47. The van der Waals surface area contributed by atoms with Gasteiger partial charge < -0.3 is 4.90 Å². The van der Waals surface area contributed by atoms with Gasteiger partial charge >= 0.3 is 0 Å². The summed E-state index contributed by atoms with van der Waals surface area (Å²) in [5.41, 5.74) is 0.693. The van der Waals surface area contributed by atoms with E-state index in [1.54, 1.807) is 24.3 Å². The van der Waals surface area contributed by atoms with Gasteiger partial charge in [-0.2, -0.15) is 0 Å². The van der Waals surface area contributed by atoms with Crippen molar-refractivity contribution in [3.8, 4) is 0 Å². The van der Waals surface area contributed by atoms with Crippen LogP contribution in [-0.4, -0.2) is 45.6 Å². The second kappa shape index (κ2) is 4.41. The highest BCUT2D eigenvalue weighted by atomic mass is 16.2. The van der Waals surface area contributed by atoms with Gasteiger partial charge in [0.25, 0.3) is 11.8 Å². The average molecular weight is 298 g/mol. The summed E-state index contributed by atoms with van der Waals surface area (Å²) in [6.07, 6.45) is 3.58. The Kier molecular flexibility index (Phi) is 2.71. The zero-order valence-electron chi connectivity index (χ0n) is 12.5. The molecule has 1 aromatic carbocycles. The van der Waals surface area contributed by atoms with E-state index in [1.807, 2.05) is 4.90 Å². The fraction of sp³-hybridized carbons (Fsp3) is 0.471. The van der Waals surface area contributed by atoms with Crippen LogP contribution in [0.15, 0.2) is 24.3 Å². The molecular formula is C17H18N2O3. The number of hydrogen-bond acceptors (Lipinski definition) is 3. The highest BCUT2D eigenvalue weighted by Crippen LogP contribution is 2.56. The van der Waals surface area contributed by atoms with Crippen LogP contribution >= 0.6 is 0 Å². The molecule has 5 heteroatoms. The number of hydrogen-bond donors (Lipinski definition) is 0. The SMILES string of the molecule is CCCCC1N2C(=O)CC12CN1C(=O)c2ccccc2C1=O. The highest BCUT2D eigenvalue weighted by molar-refractivity contribution is 6.21. The van der Waals surface area contributed by atoms with Gasteiger partial charge in [0.15, 0.2) is 0 Å². The lowest BCUT2D eigenvalue weighted by Gasteiger charge is -2.28. The van der Waals surface area contributed by atoms with Crippen molar-refractivity contribution in [3.05, 3.63) is 35.4 Å². The molecule has 0 aliphatic carbocycles. The predicted molar refractivity (Wildman–Crippen MR) is 79.3 cm³/mol. The van der Waals surface area contributed by atoms with Crippen LogP contribution in [0.3, 0.4) is 0 Å².